The number of benzene rings is 1. The minimum Gasteiger partial charge on any atom is -0.341 e. The monoisotopic (exact) mass is 354 g/mol. The third kappa shape index (κ3) is 3.02. The van der Waals surface area contributed by atoms with Crippen LogP contribution in [0.25, 0.3) is 0 Å². The average Bonchev–Trinajstić information content (AvgIpc) is 3.27. The Bertz CT molecular complexity index is 789. The van der Waals surface area contributed by atoms with Gasteiger partial charge in [0, 0.05) is 13.1 Å². The first-order valence-corrected chi connectivity index (χ1v) is 9.61. The Morgan fingerprint density at radius 1 is 1.29 bits per heavy atom. The SMILES string of the molecule is CN(C(=O)C1(C(=O)Nc2ccccc2F)CC1)C1CCS(=O)(=O)C1. The van der Waals surface area contributed by atoms with Crippen LogP contribution >= 0.6 is 0 Å². The molecule has 1 N–H and O–H groups in total. The van der Waals surface area contributed by atoms with Crippen LogP contribution in [-0.4, -0.2) is 49.7 Å². The summed E-state index contributed by atoms with van der Waals surface area (Å²) in [4.78, 5) is 26.6. The van der Waals surface area contributed by atoms with E-state index in [0.29, 0.717) is 19.3 Å². The lowest BCUT2D eigenvalue weighted by Gasteiger charge is -2.27. The van der Waals surface area contributed by atoms with Crippen LogP contribution in [-0.2, 0) is 19.4 Å². The molecule has 2 aliphatic rings. The second-order valence-electron chi connectivity index (χ2n) is 6.49. The van der Waals surface area contributed by atoms with Gasteiger partial charge < -0.3 is 10.2 Å². The maximum absolute atomic E-state index is 13.7. The molecule has 1 aliphatic heterocycles. The number of nitrogens with one attached hydrogen (secondary N) is 1. The van der Waals surface area contributed by atoms with Gasteiger partial charge in [-0.25, -0.2) is 12.8 Å². The number of anilines is 1. The van der Waals surface area contributed by atoms with E-state index in [4.69, 9.17) is 0 Å². The zero-order valence-corrected chi connectivity index (χ0v) is 14.1. The predicted molar refractivity (Wildman–Crippen MR) is 86.5 cm³/mol. The summed E-state index contributed by atoms with van der Waals surface area (Å²) in [5, 5.41) is 2.48. The molecule has 1 saturated carbocycles. The zero-order valence-electron chi connectivity index (χ0n) is 13.3. The fourth-order valence-corrected chi connectivity index (χ4v) is 4.83. The molecule has 24 heavy (non-hydrogen) atoms. The Balaban J connectivity index is 1.72. The first-order chi connectivity index (χ1) is 11.3. The molecule has 130 valence electrons. The van der Waals surface area contributed by atoms with E-state index in [1.165, 1.54) is 30.1 Å². The number of hydrogen-bond donors (Lipinski definition) is 1. The summed E-state index contributed by atoms with van der Waals surface area (Å²) in [5.74, 6) is -1.50. The Morgan fingerprint density at radius 2 is 1.96 bits per heavy atom. The number of amides is 2. The van der Waals surface area contributed by atoms with Gasteiger partial charge in [0.2, 0.25) is 11.8 Å². The van der Waals surface area contributed by atoms with Crippen molar-refractivity contribution in [2.24, 2.45) is 5.41 Å². The van der Waals surface area contributed by atoms with E-state index in [0.717, 1.165) is 0 Å². The summed E-state index contributed by atoms with van der Waals surface area (Å²) < 4.78 is 36.8. The Hall–Kier alpha value is -1.96. The number of para-hydroxylation sites is 1. The standard InChI is InChI=1S/C16H19FN2O4S/c1-19(11-6-9-24(22,23)10-11)15(21)16(7-8-16)14(20)18-13-5-3-2-4-12(13)17/h2-5,11H,6-10H2,1H3,(H,18,20). The van der Waals surface area contributed by atoms with E-state index >= 15 is 0 Å². The van der Waals surface area contributed by atoms with Crippen LogP contribution in [0.5, 0.6) is 0 Å². The van der Waals surface area contributed by atoms with Crippen molar-refractivity contribution in [2.45, 2.75) is 25.3 Å². The Kier molecular flexibility index (Phi) is 4.11. The van der Waals surface area contributed by atoms with E-state index in [1.54, 1.807) is 6.07 Å². The quantitative estimate of drug-likeness (QED) is 0.824. The van der Waals surface area contributed by atoms with Crippen molar-refractivity contribution in [3.8, 4) is 0 Å². The third-order valence-electron chi connectivity index (χ3n) is 4.79. The van der Waals surface area contributed by atoms with Gasteiger partial charge >= 0.3 is 0 Å². The van der Waals surface area contributed by atoms with Crippen molar-refractivity contribution in [3.05, 3.63) is 30.1 Å². The molecule has 2 amide bonds. The molecule has 1 atom stereocenters. The molecule has 1 aromatic rings. The summed E-state index contributed by atoms with van der Waals surface area (Å²) in [6.07, 6.45) is 1.15. The number of carbonyl (C=O) groups is 2. The predicted octanol–water partition coefficient (Wildman–Crippen LogP) is 1.19. The molecule has 1 heterocycles. The first kappa shape index (κ1) is 16.9. The number of halogens is 1. The van der Waals surface area contributed by atoms with Gasteiger partial charge in [0.25, 0.3) is 0 Å². The fourth-order valence-electron chi connectivity index (χ4n) is 3.05. The van der Waals surface area contributed by atoms with Crippen LogP contribution in [0.1, 0.15) is 19.3 Å². The van der Waals surface area contributed by atoms with Crippen LogP contribution in [0.15, 0.2) is 24.3 Å². The van der Waals surface area contributed by atoms with Crippen molar-refractivity contribution < 1.29 is 22.4 Å². The highest BCUT2D eigenvalue weighted by Gasteiger charge is 2.58. The van der Waals surface area contributed by atoms with Crippen molar-refractivity contribution >= 4 is 27.3 Å². The summed E-state index contributed by atoms with van der Waals surface area (Å²) in [6.45, 7) is 0. The number of sulfone groups is 1. The minimum atomic E-state index is -3.12. The number of nitrogens with zero attached hydrogens (tertiary/aromatic N) is 1. The van der Waals surface area contributed by atoms with Gasteiger partial charge in [0.15, 0.2) is 9.84 Å². The molecule has 3 rings (SSSR count). The molecule has 8 heteroatoms. The topological polar surface area (TPSA) is 83.6 Å². The highest BCUT2D eigenvalue weighted by molar-refractivity contribution is 7.91. The van der Waals surface area contributed by atoms with Crippen LogP contribution in [0.4, 0.5) is 10.1 Å². The van der Waals surface area contributed by atoms with Crippen molar-refractivity contribution in [1.29, 1.82) is 0 Å². The van der Waals surface area contributed by atoms with Gasteiger partial charge in [-0.1, -0.05) is 12.1 Å². The van der Waals surface area contributed by atoms with E-state index in [-0.39, 0.29) is 17.2 Å². The normalized spacial score (nSPS) is 23.5. The maximum atomic E-state index is 13.7. The smallest absolute Gasteiger partial charge is 0.240 e. The largest absolute Gasteiger partial charge is 0.341 e. The molecule has 2 fully saturated rings. The second kappa shape index (κ2) is 5.84. The van der Waals surface area contributed by atoms with Gasteiger partial charge in [0.05, 0.1) is 17.2 Å². The van der Waals surface area contributed by atoms with Gasteiger partial charge in [-0.2, -0.15) is 0 Å². The lowest BCUT2D eigenvalue weighted by atomic mass is 10.0. The van der Waals surface area contributed by atoms with E-state index in [1.807, 2.05) is 0 Å². The van der Waals surface area contributed by atoms with Crippen LogP contribution in [0.2, 0.25) is 0 Å². The highest BCUT2D eigenvalue weighted by atomic mass is 32.2. The number of carbonyl (C=O) groups excluding carboxylic acids is 2. The van der Waals surface area contributed by atoms with E-state index in [9.17, 15) is 22.4 Å². The fraction of sp³-hybridized carbons (Fsp3) is 0.500. The molecule has 1 unspecified atom stereocenters. The summed E-state index contributed by atoms with van der Waals surface area (Å²) >= 11 is 0. The molecule has 0 radical (unpaired) electrons. The highest BCUT2D eigenvalue weighted by Crippen LogP contribution is 2.48. The van der Waals surface area contributed by atoms with Crippen molar-refractivity contribution in [1.82, 2.24) is 4.90 Å². The van der Waals surface area contributed by atoms with E-state index < -0.39 is 38.9 Å². The van der Waals surface area contributed by atoms with Crippen LogP contribution < -0.4 is 5.32 Å². The molecule has 1 aliphatic carbocycles. The third-order valence-corrected chi connectivity index (χ3v) is 6.54. The Labute approximate surface area is 139 Å². The van der Waals surface area contributed by atoms with Gasteiger partial charge in [-0.05, 0) is 31.4 Å². The maximum Gasteiger partial charge on any atom is 0.240 e. The number of rotatable bonds is 4. The van der Waals surface area contributed by atoms with E-state index in [2.05, 4.69) is 5.32 Å². The lowest BCUT2D eigenvalue weighted by Crippen LogP contribution is -2.46. The minimum absolute atomic E-state index is 0.0349. The molecular formula is C16H19FN2O4S. The average molecular weight is 354 g/mol. The summed E-state index contributed by atoms with van der Waals surface area (Å²) in [7, 11) is -1.59. The molecule has 0 aromatic heterocycles. The molecule has 0 spiro atoms. The van der Waals surface area contributed by atoms with Gasteiger partial charge in [-0.15, -0.1) is 0 Å². The zero-order chi connectivity index (χ0) is 17.5. The molecule has 1 saturated heterocycles. The molecule has 1 aromatic carbocycles. The first-order valence-electron chi connectivity index (χ1n) is 7.79. The van der Waals surface area contributed by atoms with Gasteiger partial charge in [-0.3, -0.25) is 9.59 Å². The summed E-state index contributed by atoms with van der Waals surface area (Å²) in [6, 6.07) is 5.36. The summed E-state index contributed by atoms with van der Waals surface area (Å²) in [5.41, 5.74) is -1.17. The second-order valence-corrected chi connectivity index (χ2v) is 8.72. The van der Waals surface area contributed by atoms with Gasteiger partial charge in [0.1, 0.15) is 11.2 Å². The Morgan fingerprint density at radius 3 is 2.50 bits per heavy atom. The van der Waals surface area contributed by atoms with Crippen molar-refractivity contribution in [3.63, 3.8) is 0 Å². The molecule has 0 bridgehead atoms. The van der Waals surface area contributed by atoms with Crippen molar-refractivity contribution in [2.75, 3.05) is 23.9 Å². The van der Waals surface area contributed by atoms with Crippen LogP contribution in [0, 0.1) is 11.2 Å². The number of hydrogen-bond acceptors (Lipinski definition) is 4. The molecule has 6 nitrogen and oxygen atoms in total. The lowest BCUT2D eigenvalue weighted by molar-refractivity contribution is -0.142. The van der Waals surface area contributed by atoms with Crippen LogP contribution in [0.3, 0.4) is 0 Å². The molecular weight excluding hydrogens is 335 g/mol.